The first-order valence-corrected chi connectivity index (χ1v) is 8.27. The Morgan fingerprint density at radius 1 is 1.33 bits per heavy atom. The van der Waals surface area contributed by atoms with Gasteiger partial charge in [0.1, 0.15) is 11.5 Å². The molecule has 6 heteroatoms. The van der Waals surface area contributed by atoms with Gasteiger partial charge in [-0.15, -0.1) is 0 Å². The Morgan fingerprint density at radius 2 is 2.25 bits per heavy atom. The second-order valence-electron chi connectivity index (χ2n) is 6.29. The number of carbonyl (C=O) groups excluding carboxylic acids is 1. The van der Waals surface area contributed by atoms with E-state index in [-0.39, 0.29) is 17.8 Å². The van der Waals surface area contributed by atoms with Crippen LogP contribution in [0.4, 0.5) is 4.39 Å². The summed E-state index contributed by atoms with van der Waals surface area (Å²) in [5, 5.41) is 4.97. The van der Waals surface area contributed by atoms with Crippen LogP contribution in [0.1, 0.15) is 29.8 Å². The zero-order valence-electron chi connectivity index (χ0n) is 13.3. The minimum atomic E-state index is -0.296. The predicted octanol–water partition coefficient (Wildman–Crippen LogP) is 3.20. The third kappa shape index (κ3) is 2.79. The van der Waals surface area contributed by atoms with Crippen molar-refractivity contribution in [1.29, 1.82) is 0 Å². The molecule has 2 aromatic heterocycles. The maximum absolute atomic E-state index is 13.4. The average molecular weight is 326 g/mol. The van der Waals surface area contributed by atoms with E-state index in [9.17, 15) is 9.18 Å². The molecule has 0 aliphatic carbocycles. The Kier molecular flexibility index (Phi) is 3.80. The molecule has 0 bridgehead atoms. The maximum atomic E-state index is 13.4. The predicted molar refractivity (Wildman–Crippen MR) is 89.2 cm³/mol. The van der Waals surface area contributed by atoms with Crippen molar-refractivity contribution < 1.29 is 9.18 Å². The second-order valence-corrected chi connectivity index (χ2v) is 6.29. The highest BCUT2D eigenvalue weighted by Crippen LogP contribution is 2.23. The number of piperidine rings is 1. The van der Waals surface area contributed by atoms with E-state index in [2.05, 4.69) is 10.1 Å². The second kappa shape index (κ2) is 6.11. The highest BCUT2D eigenvalue weighted by atomic mass is 19.1. The molecule has 3 heterocycles. The number of hydrogen-bond acceptors (Lipinski definition) is 2. The lowest BCUT2D eigenvalue weighted by Gasteiger charge is -2.35. The molecule has 24 heavy (non-hydrogen) atoms. The van der Waals surface area contributed by atoms with E-state index in [0.29, 0.717) is 12.2 Å². The number of carbonyl (C=O) groups is 1. The first kappa shape index (κ1) is 14.9. The van der Waals surface area contributed by atoms with Crippen molar-refractivity contribution in [3.63, 3.8) is 0 Å². The molecule has 0 spiro atoms. The number of amides is 1. The monoisotopic (exact) mass is 326 g/mol. The van der Waals surface area contributed by atoms with Crippen LogP contribution in [-0.4, -0.2) is 38.2 Å². The lowest BCUT2D eigenvalue weighted by molar-refractivity contribution is 0.0579. The third-order valence-electron chi connectivity index (χ3n) is 4.66. The van der Waals surface area contributed by atoms with E-state index in [4.69, 9.17) is 0 Å². The minimum Gasteiger partial charge on any atom is -0.351 e. The summed E-state index contributed by atoms with van der Waals surface area (Å²) in [4.78, 5) is 18.0. The van der Waals surface area contributed by atoms with Gasteiger partial charge in [0.15, 0.2) is 0 Å². The molecule has 124 valence electrons. The van der Waals surface area contributed by atoms with Gasteiger partial charge in [-0.2, -0.15) is 5.10 Å². The number of likely N-dealkylation sites (tertiary alicyclic amines) is 1. The summed E-state index contributed by atoms with van der Waals surface area (Å²) >= 11 is 0. The van der Waals surface area contributed by atoms with Gasteiger partial charge in [-0.1, -0.05) is 0 Å². The molecule has 4 rings (SSSR count). The Hall–Kier alpha value is -2.63. The lowest BCUT2D eigenvalue weighted by Crippen LogP contribution is -2.46. The number of rotatable bonds is 3. The Balaban J connectivity index is 1.60. The largest absolute Gasteiger partial charge is 0.351 e. The number of halogens is 1. The van der Waals surface area contributed by atoms with Gasteiger partial charge in [0.25, 0.3) is 5.91 Å². The van der Waals surface area contributed by atoms with E-state index in [1.807, 2.05) is 21.8 Å². The van der Waals surface area contributed by atoms with Crippen LogP contribution in [-0.2, 0) is 6.54 Å². The molecule has 5 nitrogen and oxygen atoms in total. The quantitative estimate of drug-likeness (QED) is 0.803. The summed E-state index contributed by atoms with van der Waals surface area (Å²) in [6.07, 6.45) is 6.77. The van der Waals surface area contributed by atoms with Crippen LogP contribution >= 0.6 is 0 Å². The van der Waals surface area contributed by atoms with Gasteiger partial charge >= 0.3 is 0 Å². The van der Waals surface area contributed by atoms with E-state index >= 15 is 0 Å². The van der Waals surface area contributed by atoms with Crippen molar-refractivity contribution in [3.05, 3.63) is 54.2 Å². The number of benzene rings is 1. The minimum absolute atomic E-state index is 0.0246. The summed E-state index contributed by atoms with van der Waals surface area (Å²) in [6, 6.07) is 8.27. The van der Waals surface area contributed by atoms with Crippen LogP contribution in [0.3, 0.4) is 0 Å². The van der Waals surface area contributed by atoms with E-state index in [0.717, 1.165) is 36.7 Å². The summed E-state index contributed by atoms with van der Waals surface area (Å²) in [7, 11) is 0. The Labute approximate surface area is 139 Å². The molecule has 1 atom stereocenters. The van der Waals surface area contributed by atoms with Crippen molar-refractivity contribution in [1.82, 2.24) is 19.7 Å². The molecule has 1 N–H and O–H groups in total. The van der Waals surface area contributed by atoms with Crippen molar-refractivity contribution in [3.8, 4) is 0 Å². The fourth-order valence-corrected chi connectivity index (χ4v) is 3.46. The maximum Gasteiger partial charge on any atom is 0.270 e. The van der Waals surface area contributed by atoms with Gasteiger partial charge in [-0.25, -0.2) is 4.39 Å². The molecular formula is C18H19FN4O. The summed E-state index contributed by atoms with van der Waals surface area (Å²) in [6.45, 7) is 1.45. The number of aromatic amines is 1. The molecule has 1 saturated heterocycles. The smallest absolute Gasteiger partial charge is 0.270 e. The van der Waals surface area contributed by atoms with Crippen LogP contribution < -0.4 is 0 Å². The Morgan fingerprint density at radius 3 is 3.08 bits per heavy atom. The molecular weight excluding hydrogens is 307 g/mol. The zero-order valence-corrected chi connectivity index (χ0v) is 13.3. The van der Waals surface area contributed by atoms with Crippen molar-refractivity contribution in [2.45, 2.75) is 31.8 Å². The van der Waals surface area contributed by atoms with Gasteiger partial charge in [0.2, 0.25) is 0 Å². The topological polar surface area (TPSA) is 53.9 Å². The molecule has 1 aliphatic heterocycles. The average Bonchev–Trinajstić information content (AvgIpc) is 3.23. The number of aromatic nitrogens is 3. The number of nitrogens with one attached hydrogen (secondary N) is 1. The molecule has 0 radical (unpaired) electrons. The van der Waals surface area contributed by atoms with Crippen molar-refractivity contribution >= 4 is 16.8 Å². The molecule has 1 aliphatic rings. The molecule has 3 aromatic rings. The number of nitrogens with zero attached hydrogens (tertiary/aromatic N) is 3. The number of H-pyrrole nitrogens is 1. The summed E-state index contributed by atoms with van der Waals surface area (Å²) in [5.74, 6) is -0.321. The third-order valence-corrected chi connectivity index (χ3v) is 4.66. The molecule has 1 aromatic carbocycles. The Bertz CT molecular complexity index is 855. The fraction of sp³-hybridized carbons (Fsp3) is 0.333. The first-order chi connectivity index (χ1) is 11.7. The summed E-state index contributed by atoms with van der Waals surface area (Å²) in [5.41, 5.74) is 1.29. The van der Waals surface area contributed by atoms with Crippen LogP contribution in [0.5, 0.6) is 0 Å². The van der Waals surface area contributed by atoms with Crippen molar-refractivity contribution in [2.75, 3.05) is 6.54 Å². The normalized spacial score (nSPS) is 18.2. The van der Waals surface area contributed by atoms with Crippen molar-refractivity contribution in [2.24, 2.45) is 0 Å². The van der Waals surface area contributed by atoms with Gasteiger partial charge < -0.3 is 9.88 Å². The van der Waals surface area contributed by atoms with Gasteiger partial charge in [0.05, 0.1) is 12.6 Å². The van der Waals surface area contributed by atoms with Gasteiger partial charge in [-0.05, 0) is 49.6 Å². The van der Waals surface area contributed by atoms with Gasteiger partial charge in [0, 0.05) is 29.8 Å². The number of hydrogen-bond donors (Lipinski definition) is 1. The first-order valence-electron chi connectivity index (χ1n) is 8.27. The fourth-order valence-electron chi connectivity index (χ4n) is 3.46. The van der Waals surface area contributed by atoms with E-state index < -0.39 is 0 Å². The van der Waals surface area contributed by atoms with E-state index in [1.165, 1.54) is 12.1 Å². The zero-order chi connectivity index (χ0) is 16.5. The van der Waals surface area contributed by atoms with Crippen LogP contribution in [0.2, 0.25) is 0 Å². The number of fused-ring (bicyclic) bond motifs is 1. The van der Waals surface area contributed by atoms with Crippen LogP contribution in [0, 0.1) is 5.82 Å². The lowest BCUT2D eigenvalue weighted by atomic mass is 10.0. The molecule has 1 unspecified atom stereocenters. The highest BCUT2D eigenvalue weighted by Gasteiger charge is 2.28. The van der Waals surface area contributed by atoms with Crippen LogP contribution in [0.15, 0.2) is 42.7 Å². The molecule has 1 amide bonds. The molecule has 1 fully saturated rings. The highest BCUT2D eigenvalue weighted by molar-refractivity contribution is 5.98. The molecule has 0 saturated carbocycles. The van der Waals surface area contributed by atoms with Gasteiger partial charge in [-0.3, -0.25) is 9.48 Å². The summed E-state index contributed by atoms with van der Waals surface area (Å²) < 4.78 is 15.2. The SMILES string of the molecule is O=C(c1cc2cc(F)ccc2[nH]1)N1CCCCC1Cn1cccn1. The van der Waals surface area contributed by atoms with E-state index in [1.54, 1.807) is 18.3 Å². The standard InChI is InChI=1S/C18H19FN4O/c19-14-5-6-16-13(10-14)11-17(21-16)18(24)23-9-2-1-4-15(23)12-22-8-3-7-20-22/h3,5-8,10-11,15,21H,1-2,4,9,12H2. The van der Waals surface area contributed by atoms with Crippen LogP contribution in [0.25, 0.3) is 10.9 Å².